The Kier molecular flexibility index (Phi) is 6.08. The molecule has 2 atom stereocenters. The van der Waals surface area contributed by atoms with Gasteiger partial charge < -0.3 is 9.67 Å². The van der Waals surface area contributed by atoms with Crippen LogP contribution in [0.25, 0.3) is 10.9 Å². The van der Waals surface area contributed by atoms with Gasteiger partial charge in [-0.3, -0.25) is 4.79 Å². The molecule has 28 heavy (non-hydrogen) atoms. The summed E-state index contributed by atoms with van der Waals surface area (Å²) in [7, 11) is 0. The number of benzene rings is 1. The molecule has 0 bridgehead atoms. The third kappa shape index (κ3) is 4.14. The smallest absolute Gasteiger partial charge is 0.323 e. The highest BCUT2D eigenvalue weighted by molar-refractivity contribution is 5.84. The Labute approximate surface area is 169 Å². The number of aromatic nitrogens is 1. The second-order valence-electron chi connectivity index (χ2n) is 9.21. The Bertz CT molecular complexity index is 815. The second-order valence-corrected chi connectivity index (χ2v) is 9.21. The van der Waals surface area contributed by atoms with Crippen molar-refractivity contribution in [2.45, 2.75) is 90.0 Å². The van der Waals surface area contributed by atoms with Gasteiger partial charge in [0.15, 0.2) is 0 Å². The Morgan fingerprint density at radius 3 is 2.57 bits per heavy atom. The number of nitrogens with zero attached hydrogens (tertiary/aromatic N) is 1. The molecule has 2 saturated carbocycles. The average Bonchev–Trinajstić information content (AvgIpc) is 3.05. The molecule has 1 N–H and O–H groups in total. The minimum absolute atomic E-state index is 0.0609. The van der Waals surface area contributed by atoms with E-state index in [4.69, 9.17) is 0 Å². The Morgan fingerprint density at radius 1 is 1.04 bits per heavy atom. The number of aryl methyl sites for hydroxylation is 1. The number of rotatable bonds is 6. The molecule has 2 aliphatic carbocycles. The summed E-state index contributed by atoms with van der Waals surface area (Å²) in [6.07, 6.45) is 14.7. The number of hydrogen-bond acceptors (Lipinski definition) is 1. The molecule has 0 spiro atoms. The standard InChI is InChI=1S/C25H35NO2/c1-2-7-23-16-22-15-21(12-13-24(22)26(23)17-25(27)28)20-11-6-10-19(14-20)18-8-4-3-5-9-18/h12-13,15-16,18-20H,2-11,14,17H2,1H3,(H,27,28)/t19-,20-/m0/s1. The number of hydrogen-bond donors (Lipinski definition) is 1. The highest BCUT2D eigenvalue weighted by atomic mass is 16.4. The van der Waals surface area contributed by atoms with Gasteiger partial charge >= 0.3 is 5.97 Å². The molecule has 4 rings (SSSR count). The number of fused-ring (bicyclic) bond motifs is 1. The lowest BCUT2D eigenvalue weighted by Gasteiger charge is -2.36. The predicted molar refractivity (Wildman–Crippen MR) is 115 cm³/mol. The number of carboxylic acids is 1. The van der Waals surface area contributed by atoms with Crippen LogP contribution in [0.1, 0.15) is 88.3 Å². The predicted octanol–water partition coefficient (Wildman–Crippen LogP) is 6.53. The number of carboxylic acid groups (broad SMARTS) is 1. The normalized spacial score (nSPS) is 23.9. The van der Waals surface area contributed by atoms with E-state index >= 15 is 0 Å². The second kappa shape index (κ2) is 8.71. The lowest BCUT2D eigenvalue weighted by Crippen LogP contribution is -2.23. The highest BCUT2D eigenvalue weighted by Gasteiger charge is 2.30. The van der Waals surface area contributed by atoms with Gasteiger partial charge in [-0.1, -0.05) is 64.4 Å². The molecule has 3 heteroatoms. The quantitative estimate of drug-likeness (QED) is 0.618. The van der Waals surface area contributed by atoms with Gasteiger partial charge in [-0.05, 0) is 60.8 Å². The topological polar surface area (TPSA) is 42.2 Å². The molecule has 0 aliphatic heterocycles. The van der Waals surface area contributed by atoms with Gasteiger partial charge in [0, 0.05) is 16.6 Å². The fraction of sp³-hybridized carbons (Fsp3) is 0.640. The van der Waals surface area contributed by atoms with Crippen molar-refractivity contribution in [2.75, 3.05) is 0 Å². The molecule has 0 saturated heterocycles. The van der Waals surface area contributed by atoms with E-state index in [9.17, 15) is 9.90 Å². The molecule has 2 fully saturated rings. The van der Waals surface area contributed by atoms with Gasteiger partial charge in [0.2, 0.25) is 0 Å². The molecule has 2 aliphatic rings. The van der Waals surface area contributed by atoms with Crippen LogP contribution in [0, 0.1) is 11.8 Å². The summed E-state index contributed by atoms with van der Waals surface area (Å²) < 4.78 is 2.00. The van der Waals surface area contributed by atoms with Crippen LogP contribution in [0.5, 0.6) is 0 Å². The van der Waals surface area contributed by atoms with Crippen molar-refractivity contribution in [3.8, 4) is 0 Å². The van der Waals surface area contributed by atoms with E-state index in [1.807, 2.05) is 4.57 Å². The summed E-state index contributed by atoms with van der Waals surface area (Å²) in [5.74, 6) is 1.80. The summed E-state index contributed by atoms with van der Waals surface area (Å²) in [4.78, 5) is 11.3. The van der Waals surface area contributed by atoms with Gasteiger partial charge in [0.05, 0.1) is 0 Å². The molecule has 0 unspecified atom stereocenters. The van der Waals surface area contributed by atoms with Crippen LogP contribution in [0.4, 0.5) is 0 Å². The van der Waals surface area contributed by atoms with Gasteiger partial charge in [-0.2, -0.15) is 0 Å². The zero-order valence-electron chi connectivity index (χ0n) is 17.3. The highest BCUT2D eigenvalue weighted by Crippen LogP contribution is 2.44. The molecule has 1 aromatic heterocycles. The minimum Gasteiger partial charge on any atom is -0.480 e. The largest absolute Gasteiger partial charge is 0.480 e. The monoisotopic (exact) mass is 381 g/mol. The van der Waals surface area contributed by atoms with Gasteiger partial charge in [0.25, 0.3) is 0 Å². The first-order valence-electron chi connectivity index (χ1n) is 11.5. The van der Waals surface area contributed by atoms with Crippen molar-refractivity contribution in [1.82, 2.24) is 4.57 Å². The first kappa shape index (κ1) is 19.5. The van der Waals surface area contributed by atoms with E-state index in [2.05, 4.69) is 31.2 Å². The fourth-order valence-electron chi connectivity index (χ4n) is 5.95. The van der Waals surface area contributed by atoms with Crippen LogP contribution in [-0.2, 0) is 17.8 Å². The van der Waals surface area contributed by atoms with Crippen LogP contribution in [-0.4, -0.2) is 15.6 Å². The summed E-state index contributed by atoms with van der Waals surface area (Å²) in [6.45, 7) is 2.22. The van der Waals surface area contributed by atoms with Crippen LogP contribution in [0.3, 0.4) is 0 Å². The van der Waals surface area contributed by atoms with Crippen molar-refractivity contribution >= 4 is 16.9 Å². The van der Waals surface area contributed by atoms with E-state index in [1.165, 1.54) is 68.7 Å². The minimum atomic E-state index is -0.762. The maximum Gasteiger partial charge on any atom is 0.323 e. The van der Waals surface area contributed by atoms with Crippen LogP contribution >= 0.6 is 0 Å². The SMILES string of the molecule is CCCc1cc2cc([C@H]3CCC[C@H](C4CCCCC4)C3)ccc2n1CC(=O)O. The first-order valence-corrected chi connectivity index (χ1v) is 11.5. The van der Waals surface area contributed by atoms with E-state index in [-0.39, 0.29) is 6.54 Å². The summed E-state index contributed by atoms with van der Waals surface area (Å²) in [5, 5.41) is 10.6. The summed E-state index contributed by atoms with van der Waals surface area (Å²) in [5.41, 5.74) is 3.71. The van der Waals surface area contributed by atoms with Crippen molar-refractivity contribution in [2.24, 2.45) is 11.8 Å². The maximum atomic E-state index is 11.3. The summed E-state index contributed by atoms with van der Waals surface area (Å²) in [6, 6.07) is 9.05. The third-order valence-corrected chi connectivity index (χ3v) is 7.31. The van der Waals surface area contributed by atoms with Crippen molar-refractivity contribution in [3.05, 3.63) is 35.5 Å². The Morgan fingerprint density at radius 2 is 1.82 bits per heavy atom. The van der Waals surface area contributed by atoms with Crippen molar-refractivity contribution in [1.29, 1.82) is 0 Å². The van der Waals surface area contributed by atoms with E-state index in [1.54, 1.807) is 0 Å². The average molecular weight is 382 g/mol. The Hall–Kier alpha value is -1.77. The molecule has 1 aromatic carbocycles. The number of carbonyl (C=O) groups is 1. The van der Waals surface area contributed by atoms with Crippen LogP contribution in [0.2, 0.25) is 0 Å². The molecule has 1 heterocycles. The molecule has 2 aromatic rings. The van der Waals surface area contributed by atoms with Crippen LogP contribution in [0.15, 0.2) is 24.3 Å². The van der Waals surface area contributed by atoms with E-state index in [0.717, 1.165) is 35.9 Å². The number of aliphatic carboxylic acids is 1. The summed E-state index contributed by atoms with van der Waals surface area (Å²) >= 11 is 0. The zero-order chi connectivity index (χ0) is 19.5. The third-order valence-electron chi connectivity index (χ3n) is 7.31. The molecule has 152 valence electrons. The molecule has 0 radical (unpaired) electrons. The molecule has 3 nitrogen and oxygen atoms in total. The zero-order valence-corrected chi connectivity index (χ0v) is 17.3. The lowest BCUT2D eigenvalue weighted by atomic mass is 9.69. The van der Waals surface area contributed by atoms with Gasteiger partial charge in [0.1, 0.15) is 6.54 Å². The molecular formula is C25H35NO2. The Balaban J connectivity index is 1.57. The van der Waals surface area contributed by atoms with Crippen molar-refractivity contribution in [3.63, 3.8) is 0 Å². The first-order chi connectivity index (χ1) is 13.7. The van der Waals surface area contributed by atoms with Crippen molar-refractivity contribution < 1.29 is 9.90 Å². The van der Waals surface area contributed by atoms with Crippen LogP contribution < -0.4 is 0 Å². The van der Waals surface area contributed by atoms with E-state index < -0.39 is 5.97 Å². The lowest BCUT2D eigenvalue weighted by molar-refractivity contribution is -0.137. The molecule has 0 amide bonds. The maximum absolute atomic E-state index is 11.3. The molecular weight excluding hydrogens is 346 g/mol. The van der Waals surface area contributed by atoms with Gasteiger partial charge in [-0.15, -0.1) is 0 Å². The van der Waals surface area contributed by atoms with Gasteiger partial charge in [-0.25, -0.2) is 0 Å². The fourth-order valence-corrected chi connectivity index (χ4v) is 5.95. The van der Waals surface area contributed by atoms with E-state index in [0.29, 0.717) is 5.92 Å².